The van der Waals surface area contributed by atoms with Gasteiger partial charge in [-0.25, -0.2) is 0 Å². The fourth-order valence-corrected chi connectivity index (χ4v) is 2.14. The number of anilines is 1. The maximum Gasteiger partial charge on any atom is 0.193 e. The highest BCUT2D eigenvalue weighted by molar-refractivity contribution is 5.92. The van der Waals surface area contributed by atoms with E-state index in [1.165, 1.54) is 5.56 Å². The first-order chi connectivity index (χ1) is 11.2. The van der Waals surface area contributed by atoms with E-state index in [1.807, 2.05) is 36.4 Å². The maximum absolute atomic E-state index is 5.88. The number of rotatable bonds is 7. The lowest BCUT2D eigenvalue weighted by atomic mass is 10.1. The summed E-state index contributed by atoms with van der Waals surface area (Å²) < 4.78 is 10.3. The second kappa shape index (κ2) is 8.68. The van der Waals surface area contributed by atoms with E-state index in [2.05, 4.69) is 22.4 Å². The molecule has 2 aromatic rings. The van der Waals surface area contributed by atoms with E-state index in [0.717, 1.165) is 30.0 Å². The number of hydrogen-bond acceptors (Lipinski definition) is 3. The van der Waals surface area contributed by atoms with Crippen molar-refractivity contribution < 1.29 is 9.47 Å². The van der Waals surface area contributed by atoms with Gasteiger partial charge in [0.05, 0.1) is 14.2 Å². The van der Waals surface area contributed by atoms with Crippen LogP contribution in [0.4, 0.5) is 5.69 Å². The molecule has 0 aliphatic heterocycles. The minimum Gasteiger partial charge on any atom is -0.497 e. The molecule has 0 fully saturated rings. The molecule has 5 nitrogen and oxygen atoms in total. The zero-order valence-corrected chi connectivity index (χ0v) is 13.6. The third kappa shape index (κ3) is 5.54. The fraction of sp³-hybridized carbons (Fsp3) is 0.278. The molecule has 0 unspecified atom stereocenters. The van der Waals surface area contributed by atoms with Gasteiger partial charge in [0.15, 0.2) is 5.96 Å². The van der Waals surface area contributed by atoms with Crippen LogP contribution in [-0.4, -0.2) is 26.7 Å². The highest BCUT2D eigenvalue weighted by atomic mass is 16.5. The quantitative estimate of drug-likeness (QED) is 0.468. The van der Waals surface area contributed by atoms with E-state index in [9.17, 15) is 0 Å². The minimum absolute atomic E-state index is 0.421. The highest BCUT2D eigenvalue weighted by Gasteiger charge is 1.97. The van der Waals surface area contributed by atoms with Gasteiger partial charge in [0.1, 0.15) is 11.5 Å². The monoisotopic (exact) mass is 313 g/mol. The summed E-state index contributed by atoms with van der Waals surface area (Å²) in [6.07, 6.45) is 1.90. The largest absolute Gasteiger partial charge is 0.497 e. The van der Waals surface area contributed by atoms with Gasteiger partial charge in [-0.2, -0.15) is 0 Å². The molecule has 0 bridgehead atoms. The Morgan fingerprint density at radius 2 is 1.52 bits per heavy atom. The first-order valence-electron chi connectivity index (χ1n) is 7.55. The zero-order chi connectivity index (χ0) is 16.5. The Morgan fingerprint density at radius 3 is 2.09 bits per heavy atom. The highest BCUT2D eigenvalue weighted by Crippen LogP contribution is 2.15. The van der Waals surface area contributed by atoms with Gasteiger partial charge in [-0.15, -0.1) is 0 Å². The van der Waals surface area contributed by atoms with Gasteiger partial charge < -0.3 is 20.5 Å². The van der Waals surface area contributed by atoms with Crippen molar-refractivity contribution in [3.05, 3.63) is 54.1 Å². The average Bonchev–Trinajstić information content (AvgIpc) is 2.60. The van der Waals surface area contributed by atoms with Crippen LogP contribution in [0.3, 0.4) is 0 Å². The summed E-state index contributed by atoms with van der Waals surface area (Å²) in [7, 11) is 3.31. The van der Waals surface area contributed by atoms with E-state index >= 15 is 0 Å². The lowest BCUT2D eigenvalue weighted by Gasteiger charge is -2.07. The SMILES string of the molecule is COc1ccc(CCCN=C(N)Nc2ccc(OC)cc2)cc1. The summed E-state index contributed by atoms with van der Waals surface area (Å²) in [5.41, 5.74) is 8.04. The van der Waals surface area contributed by atoms with Gasteiger partial charge in [-0.05, 0) is 54.8 Å². The van der Waals surface area contributed by atoms with Crippen molar-refractivity contribution in [3.8, 4) is 11.5 Å². The van der Waals surface area contributed by atoms with Crippen LogP contribution in [0.25, 0.3) is 0 Å². The third-order valence-corrected chi connectivity index (χ3v) is 3.43. The fourth-order valence-electron chi connectivity index (χ4n) is 2.14. The Balaban J connectivity index is 1.75. The molecule has 3 N–H and O–H groups in total. The van der Waals surface area contributed by atoms with Crippen molar-refractivity contribution >= 4 is 11.6 Å². The summed E-state index contributed by atoms with van der Waals surface area (Å²) in [4.78, 5) is 4.34. The molecule has 0 heterocycles. The molecule has 0 saturated heterocycles. The van der Waals surface area contributed by atoms with Gasteiger partial charge in [0, 0.05) is 12.2 Å². The molecule has 0 aliphatic carbocycles. The molecule has 0 amide bonds. The number of nitrogens with zero attached hydrogens (tertiary/aromatic N) is 1. The number of aliphatic imine (C=N–C) groups is 1. The van der Waals surface area contributed by atoms with Crippen molar-refractivity contribution in [1.82, 2.24) is 0 Å². The van der Waals surface area contributed by atoms with Crippen molar-refractivity contribution in [2.24, 2.45) is 10.7 Å². The molecule has 122 valence electrons. The van der Waals surface area contributed by atoms with Crippen LogP contribution in [0, 0.1) is 0 Å². The number of guanidine groups is 1. The number of hydrogen-bond donors (Lipinski definition) is 2. The standard InChI is InChI=1S/C18H23N3O2/c1-22-16-9-5-14(6-10-16)4-3-13-20-18(19)21-15-7-11-17(23-2)12-8-15/h5-12H,3-4,13H2,1-2H3,(H3,19,20,21). The molecule has 2 aromatic carbocycles. The number of methoxy groups -OCH3 is 2. The van der Waals surface area contributed by atoms with Crippen molar-refractivity contribution in [1.29, 1.82) is 0 Å². The Labute approximate surface area is 137 Å². The minimum atomic E-state index is 0.421. The van der Waals surface area contributed by atoms with Gasteiger partial charge in [-0.3, -0.25) is 4.99 Å². The molecule has 0 radical (unpaired) electrons. The third-order valence-electron chi connectivity index (χ3n) is 3.43. The van der Waals surface area contributed by atoms with E-state index in [1.54, 1.807) is 14.2 Å². The van der Waals surface area contributed by atoms with Gasteiger partial charge >= 0.3 is 0 Å². The number of aryl methyl sites for hydroxylation is 1. The first kappa shape index (κ1) is 16.7. The Bertz CT molecular complexity index is 622. The molecular weight excluding hydrogens is 290 g/mol. The van der Waals surface area contributed by atoms with Crippen molar-refractivity contribution in [3.63, 3.8) is 0 Å². The number of ether oxygens (including phenoxy) is 2. The predicted molar refractivity (Wildman–Crippen MR) is 94.4 cm³/mol. The van der Waals surface area contributed by atoms with Gasteiger partial charge in [-0.1, -0.05) is 12.1 Å². The Kier molecular flexibility index (Phi) is 6.29. The number of nitrogens with two attached hydrogens (primary N) is 1. The topological polar surface area (TPSA) is 68.9 Å². The molecule has 5 heteroatoms. The molecular formula is C18H23N3O2. The smallest absolute Gasteiger partial charge is 0.193 e. The summed E-state index contributed by atoms with van der Waals surface area (Å²) in [5, 5.41) is 3.06. The molecule has 23 heavy (non-hydrogen) atoms. The van der Waals surface area contributed by atoms with Crippen LogP contribution in [-0.2, 0) is 6.42 Å². The number of nitrogens with one attached hydrogen (secondary N) is 1. The van der Waals surface area contributed by atoms with E-state index in [0.29, 0.717) is 12.5 Å². The van der Waals surface area contributed by atoms with Crippen LogP contribution >= 0.6 is 0 Å². The van der Waals surface area contributed by atoms with Crippen LogP contribution < -0.4 is 20.5 Å². The van der Waals surface area contributed by atoms with Gasteiger partial charge in [0.2, 0.25) is 0 Å². The predicted octanol–water partition coefficient (Wildman–Crippen LogP) is 3.06. The molecule has 0 aliphatic rings. The molecule has 2 rings (SSSR count). The van der Waals surface area contributed by atoms with Crippen LogP contribution in [0.2, 0.25) is 0 Å². The summed E-state index contributed by atoms with van der Waals surface area (Å²) in [6.45, 7) is 0.682. The summed E-state index contributed by atoms with van der Waals surface area (Å²) >= 11 is 0. The Morgan fingerprint density at radius 1 is 0.957 bits per heavy atom. The Hall–Kier alpha value is -2.69. The van der Waals surface area contributed by atoms with Crippen molar-refractivity contribution in [2.75, 3.05) is 26.1 Å². The first-order valence-corrected chi connectivity index (χ1v) is 7.55. The second-order valence-corrected chi connectivity index (χ2v) is 5.07. The van der Waals surface area contributed by atoms with E-state index in [-0.39, 0.29) is 0 Å². The number of benzene rings is 2. The van der Waals surface area contributed by atoms with Crippen LogP contribution in [0.1, 0.15) is 12.0 Å². The zero-order valence-electron chi connectivity index (χ0n) is 13.6. The van der Waals surface area contributed by atoms with Gasteiger partial charge in [0.25, 0.3) is 0 Å². The normalized spacial score (nSPS) is 11.1. The maximum atomic E-state index is 5.88. The van der Waals surface area contributed by atoms with Crippen LogP contribution in [0.15, 0.2) is 53.5 Å². The van der Waals surface area contributed by atoms with E-state index < -0.39 is 0 Å². The summed E-state index contributed by atoms with van der Waals surface area (Å²) in [6, 6.07) is 15.6. The van der Waals surface area contributed by atoms with Crippen molar-refractivity contribution in [2.45, 2.75) is 12.8 Å². The molecule has 0 spiro atoms. The van der Waals surface area contributed by atoms with E-state index in [4.69, 9.17) is 15.2 Å². The molecule has 0 saturated carbocycles. The average molecular weight is 313 g/mol. The summed E-state index contributed by atoms with van der Waals surface area (Å²) in [5.74, 6) is 2.11. The molecule has 0 aromatic heterocycles. The lowest BCUT2D eigenvalue weighted by molar-refractivity contribution is 0.414. The second-order valence-electron chi connectivity index (χ2n) is 5.07. The van der Waals surface area contributed by atoms with Crippen LogP contribution in [0.5, 0.6) is 11.5 Å². The molecule has 0 atom stereocenters. The lowest BCUT2D eigenvalue weighted by Crippen LogP contribution is -2.22.